The van der Waals surface area contributed by atoms with Crippen molar-refractivity contribution >= 4 is 34.5 Å². The Morgan fingerprint density at radius 2 is 1.79 bits per heavy atom. The molecule has 1 aliphatic rings. The lowest BCUT2D eigenvalue weighted by Gasteiger charge is -2.21. The largest absolute Gasteiger partial charge is 0.467 e. The second-order valence-electron chi connectivity index (χ2n) is 7.39. The van der Waals surface area contributed by atoms with E-state index in [0.29, 0.717) is 12.8 Å². The van der Waals surface area contributed by atoms with E-state index in [1.165, 1.54) is 38.4 Å². The van der Waals surface area contributed by atoms with E-state index in [-0.39, 0.29) is 5.91 Å². The number of amides is 1. The van der Waals surface area contributed by atoms with Gasteiger partial charge >= 0.3 is 5.97 Å². The molecule has 6 heteroatoms. The zero-order valence-corrected chi connectivity index (χ0v) is 18.7. The van der Waals surface area contributed by atoms with Gasteiger partial charge in [0, 0.05) is 3.57 Å². The van der Waals surface area contributed by atoms with Crippen LogP contribution in [0.5, 0.6) is 0 Å². The predicted molar refractivity (Wildman–Crippen MR) is 120 cm³/mol. The highest BCUT2D eigenvalue weighted by Crippen LogP contribution is 2.21. The monoisotopic (exact) mass is 498 g/mol. The van der Waals surface area contributed by atoms with Crippen LogP contribution < -0.4 is 11.1 Å². The Kier molecular flexibility index (Phi) is 9.98. The van der Waals surface area contributed by atoms with Gasteiger partial charge in [-0.2, -0.15) is 0 Å². The first-order valence-electron chi connectivity index (χ1n) is 10.1. The van der Waals surface area contributed by atoms with Crippen molar-refractivity contribution in [2.24, 2.45) is 5.73 Å². The van der Waals surface area contributed by atoms with E-state index in [2.05, 4.69) is 34.0 Å². The number of rotatable bonds is 7. The molecule has 0 aliphatic heterocycles. The van der Waals surface area contributed by atoms with Crippen LogP contribution in [-0.2, 0) is 20.7 Å². The van der Waals surface area contributed by atoms with Crippen molar-refractivity contribution in [3.63, 3.8) is 0 Å². The summed E-state index contributed by atoms with van der Waals surface area (Å²) in [5.74, 6) is -0.742. The van der Waals surface area contributed by atoms with Crippen LogP contribution in [0.2, 0.25) is 0 Å². The average molecular weight is 498 g/mol. The van der Waals surface area contributed by atoms with Gasteiger partial charge in [0.25, 0.3) is 0 Å². The number of methoxy groups -OCH3 is 1. The topological polar surface area (TPSA) is 81.4 Å². The molecule has 2 atom stereocenters. The van der Waals surface area contributed by atoms with Gasteiger partial charge in [0.15, 0.2) is 0 Å². The van der Waals surface area contributed by atoms with Crippen LogP contribution in [0.1, 0.15) is 56.9 Å². The van der Waals surface area contributed by atoms with Crippen LogP contribution in [0.15, 0.2) is 35.9 Å². The molecule has 3 N–H and O–H groups in total. The third kappa shape index (κ3) is 7.91. The normalized spacial score (nSPS) is 19.2. The number of carbonyl (C=O) groups excluding carboxylic acids is 2. The zero-order valence-electron chi connectivity index (χ0n) is 16.6. The van der Waals surface area contributed by atoms with Gasteiger partial charge in [0.2, 0.25) is 5.91 Å². The summed E-state index contributed by atoms with van der Waals surface area (Å²) in [6.45, 7) is 0. The third-order valence-corrected chi connectivity index (χ3v) is 5.83. The highest BCUT2D eigenvalue weighted by atomic mass is 127. The summed E-state index contributed by atoms with van der Waals surface area (Å²) in [5, 5.41) is 2.82. The molecule has 0 spiro atoms. The molecule has 5 nitrogen and oxygen atoms in total. The van der Waals surface area contributed by atoms with E-state index in [4.69, 9.17) is 10.5 Å². The van der Waals surface area contributed by atoms with Crippen LogP contribution in [0.3, 0.4) is 0 Å². The molecule has 1 aromatic carbocycles. The fourth-order valence-electron chi connectivity index (χ4n) is 3.46. The second kappa shape index (κ2) is 12.2. The maximum atomic E-state index is 12.6. The molecule has 0 heterocycles. The van der Waals surface area contributed by atoms with E-state index >= 15 is 0 Å². The number of nitrogens with two attached hydrogens (primary N) is 1. The van der Waals surface area contributed by atoms with Gasteiger partial charge in [0.05, 0.1) is 13.2 Å². The quantitative estimate of drug-likeness (QED) is 0.340. The zero-order chi connectivity index (χ0) is 20.4. The van der Waals surface area contributed by atoms with Crippen LogP contribution in [0.25, 0.3) is 0 Å². The highest BCUT2D eigenvalue weighted by molar-refractivity contribution is 14.1. The van der Waals surface area contributed by atoms with Crippen molar-refractivity contribution in [1.29, 1.82) is 0 Å². The Morgan fingerprint density at radius 1 is 1.11 bits per heavy atom. The molecule has 1 aliphatic carbocycles. The molecule has 0 radical (unpaired) electrons. The van der Waals surface area contributed by atoms with E-state index in [1.807, 2.05) is 24.3 Å². The van der Waals surface area contributed by atoms with Gasteiger partial charge in [-0.1, -0.05) is 43.0 Å². The summed E-state index contributed by atoms with van der Waals surface area (Å²) < 4.78 is 6.06. The van der Waals surface area contributed by atoms with Crippen LogP contribution in [0.4, 0.5) is 0 Å². The first-order chi connectivity index (χ1) is 13.5. The predicted octanol–water partition coefficient (Wildman–Crippen LogP) is 3.88. The molecule has 0 unspecified atom stereocenters. The highest BCUT2D eigenvalue weighted by Gasteiger charge is 2.25. The molecule has 28 heavy (non-hydrogen) atoms. The first-order valence-corrected chi connectivity index (χ1v) is 11.1. The van der Waals surface area contributed by atoms with Crippen molar-refractivity contribution in [2.45, 2.75) is 69.9 Å². The van der Waals surface area contributed by atoms with Gasteiger partial charge in [-0.25, -0.2) is 4.79 Å². The van der Waals surface area contributed by atoms with Crippen molar-refractivity contribution in [3.8, 4) is 0 Å². The van der Waals surface area contributed by atoms with Gasteiger partial charge in [-0.3, -0.25) is 4.79 Å². The Labute approximate surface area is 181 Å². The average Bonchev–Trinajstić information content (AvgIpc) is 2.82. The van der Waals surface area contributed by atoms with Crippen LogP contribution in [-0.4, -0.2) is 31.1 Å². The molecule has 0 fully saturated rings. The van der Waals surface area contributed by atoms with Gasteiger partial charge in [-0.15, -0.1) is 0 Å². The number of hydrogen-bond acceptors (Lipinski definition) is 4. The lowest BCUT2D eigenvalue weighted by atomic mass is 9.99. The van der Waals surface area contributed by atoms with Gasteiger partial charge < -0.3 is 15.8 Å². The summed E-state index contributed by atoms with van der Waals surface area (Å²) >= 11 is 2.24. The fourth-order valence-corrected chi connectivity index (χ4v) is 3.82. The second-order valence-corrected chi connectivity index (χ2v) is 8.64. The van der Waals surface area contributed by atoms with E-state index in [0.717, 1.165) is 28.4 Å². The summed E-state index contributed by atoms with van der Waals surface area (Å²) in [6, 6.07) is 6.52. The Hall–Kier alpha value is -1.41. The van der Waals surface area contributed by atoms with Gasteiger partial charge in [-0.05, 0) is 78.8 Å². The number of hydrogen-bond donors (Lipinski definition) is 2. The SMILES string of the molecule is COC(=O)[C@H](C/C1=C/CCCCCCC1)NC(=O)[C@H](N)Cc1ccc(I)cc1. The minimum absolute atomic E-state index is 0.322. The minimum atomic E-state index is -0.707. The summed E-state index contributed by atoms with van der Waals surface area (Å²) in [7, 11) is 1.35. The molecule has 0 bridgehead atoms. The molecule has 2 rings (SSSR count). The maximum absolute atomic E-state index is 12.6. The number of nitrogens with one attached hydrogen (secondary N) is 1. The van der Waals surface area contributed by atoms with Crippen molar-refractivity contribution in [3.05, 3.63) is 45.0 Å². The third-order valence-electron chi connectivity index (χ3n) is 5.11. The van der Waals surface area contributed by atoms with E-state index in [1.54, 1.807) is 0 Å². The Balaban J connectivity index is 1.98. The number of esters is 1. The molecular weight excluding hydrogens is 467 g/mol. The smallest absolute Gasteiger partial charge is 0.328 e. The number of carbonyl (C=O) groups is 2. The van der Waals surface area contributed by atoms with E-state index < -0.39 is 18.1 Å². The summed E-state index contributed by atoms with van der Waals surface area (Å²) in [5.41, 5.74) is 8.32. The molecule has 1 amide bonds. The van der Waals surface area contributed by atoms with Crippen molar-refractivity contribution in [2.75, 3.05) is 7.11 Å². The molecule has 1 aromatic rings. The standard InChI is InChI=1S/C22H31IN2O3/c1-28-22(27)20(15-16-8-6-4-2-3-5-7-9-16)25-21(26)19(24)14-17-10-12-18(23)13-11-17/h8,10-13,19-20H,2-7,9,14-15,24H2,1H3,(H,25,26)/b16-8+/t19-,20+/m1/s1. The fraction of sp³-hybridized carbons (Fsp3) is 0.545. The number of benzene rings is 1. The maximum Gasteiger partial charge on any atom is 0.328 e. The van der Waals surface area contributed by atoms with Crippen LogP contribution >= 0.6 is 22.6 Å². The van der Waals surface area contributed by atoms with Gasteiger partial charge in [0.1, 0.15) is 6.04 Å². The van der Waals surface area contributed by atoms with E-state index in [9.17, 15) is 9.59 Å². The Morgan fingerprint density at radius 3 is 2.50 bits per heavy atom. The first kappa shape index (κ1) is 22.9. The number of allylic oxidation sites excluding steroid dienone is 1. The summed E-state index contributed by atoms with van der Waals surface area (Å²) in [4.78, 5) is 24.9. The minimum Gasteiger partial charge on any atom is -0.467 e. The van der Waals surface area contributed by atoms with Crippen molar-refractivity contribution < 1.29 is 14.3 Å². The number of halogens is 1. The molecular formula is C22H31IN2O3. The van der Waals surface area contributed by atoms with Crippen LogP contribution in [0, 0.1) is 3.57 Å². The molecule has 0 saturated heterocycles. The molecule has 154 valence electrons. The number of ether oxygens (including phenoxy) is 1. The molecule has 0 saturated carbocycles. The van der Waals surface area contributed by atoms with Crippen molar-refractivity contribution in [1.82, 2.24) is 5.32 Å². The Bertz CT molecular complexity index is 673. The molecule has 0 aromatic heterocycles. The lowest BCUT2D eigenvalue weighted by molar-refractivity contribution is -0.145. The lowest BCUT2D eigenvalue weighted by Crippen LogP contribution is -2.49. The summed E-state index contributed by atoms with van der Waals surface area (Å²) in [6.07, 6.45) is 11.2.